The normalized spacial score (nSPS) is 15.9. The second kappa shape index (κ2) is 9.43. The molecule has 0 aliphatic carbocycles. The minimum Gasteiger partial charge on any atom is -0.495 e. The maximum atomic E-state index is 12.4. The van der Waals surface area contributed by atoms with E-state index in [1.807, 2.05) is 12.1 Å². The summed E-state index contributed by atoms with van der Waals surface area (Å²) >= 11 is 5.99. The predicted molar refractivity (Wildman–Crippen MR) is 110 cm³/mol. The zero-order valence-electron chi connectivity index (χ0n) is 16.0. The van der Waals surface area contributed by atoms with E-state index in [1.54, 1.807) is 48.4 Å². The standard InChI is InChI=1S/C21H22ClN3O4/c1-29-18-9-5-4-8-17(18)25-13-14(12-19(25)26)20(27)23-10-11-24-21(28)15-6-2-3-7-16(15)22/h2-9,14H,10-13H2,1H3,(H,23,27)(H,24,28)/t14-/m1/s1. The van der Waals surface area contributed by atoms with Crippen LogP contribution in [0.15, 0.2) is 48.5 Å². The van der Waals surface area contributed by atoms with Gasteiger partial charge in [0.05, 0.1) is 29.3 Å². The number of nitrogens with zero attached hydrogens (tertiary/aromatic N) is 1. The minimum atomic E-state index is -0.452. The van der Waals surface area contributed by atoms with Crippen molar-refractivity contribution in [2.45, 2.75) is 6.42 Å². The third-order valence-corrected chi connectivity index (χ3v) is 5.03. The molecular weight excluding hydrogens is 394 g/mol. The molecule has 0 saturated carbocycles. The first kappa shape index (κ1) is 20.7. The van der Waals surface area contributed by atoms with Crippen LogP contribution in [0.4, 0.5) is 5.69 Å². The Morgan fingerprint density at radius 2 is 1.79 bits per heavy atom. The van der Waals surface area contributed by atoms with Crippen molar-refractivity contribution >= 4 is 35.0 Å². The lowest BCUT2D eigenvalue weighted by Crippen LogP contribution is -2.38. The Kier molecular flexibility index (Phi) is 6.72. The van der Waals surface area contributed by atoms with Gasteiger partial charge in [0, 0.05) is 26.1 Å². The van der Waals surface area contributed by atoms with Gasteiger partial charge in [0.15, 0.2) is 0 Å². The number of methoxy groups -OCH3 is 1. The SMILES string of the molecule is COc1ccccc1N1C[C@H](C(=O)NCCNC(=O)c2ccccc2Cl)CC1=O. The number of halogens is 1. The van der Waals surface area contributed by atoms with E-state index in [0.717, 1.165) is 0 Å². The Bertz CT molecular complexity index is 918. The highest BCUT2D eigenvalue weighted by Crippen LogP contribution is 2.32. The van der Waals surface area contributed by atoms with Crippen LogP contribution in [0, 0.1) is 5.92 Å². The molecule has 0 aromatic heterocycles. The fourth-order valence-corrected chi connectivity index (χ4v) is 3.44. The maximum absolute atomic E-state index is 12.4. The first-order valence-electron chi connectivity index (χ1n) is 9.25. The Hall–Kier alpha value is -3.06. The first-order valence-corrected chi connectivity index (χ1v) is 9.63. The zero-order valence-corrected chi connectivity index (χ0v) is 16.7. The van der Waals surface area contributed by atoms with E-state index < -0.39 is 5.92 Å². The highest BCUT2D eigenvalue weighted by atomic mass is 35.5. The molecule has 1 aliphatic rings. The van der Waals surface area contributed by atoms with Crippen molar-refractivity contribution in [1.82, 2.24) is 10.6 Å². The van der Waals surface area contributed by atoms with Crippen LogP contribution in [0.2, 0.25) is 5.02 Å². The Labute approximate surface area is 174 Å². The molecular formula is C21H22ClN3O4. The van der Waals surface area contributed by atoms with E-state index in [4.69, 9.17) is 16.3 Å². The maximum Gasteiger partial charge on any atom is 0.252 e. The monoisotopic (exact) mass is 415 g/mol. The van der Waals surface area contributed by atoms with Crippen molar-refractivity contribution < 1.29 is 19.1 Å². The molecule has 0 unspecified atom stereocenters. The highest BCUT2D eigenvalue weighted by Gasteiger charge is 2.36. The lowest BCUT2D eigenvalue weighted by atomic mass is 10.1. The molecule has 1 atom stereocenters. The Morgan fingerprint density at radius 3 is 2.55 bits per heavy atom. The number of anilines is 1. The van der Waals surface area contributed by atoms with Gasteiger partial charge in [-0.15, -0.1) is 0 Å². The smallest absolute Gasteiger partial charge is 0.252 e. The molecule has 1 heterocycles. The summed E-state index contributed by atoms with van der Waals surface area (Å²) < 4.78 is 5.30. The van der Waals surface area contributed by atoms with Gasteiger partial charge in [0.1, 0.15) is 5.75 Å². The number of rotatable bonds is 7. The van der Waals surface area contributed by atoms with Crippen LogP contribution in [0.25, 0.3) is 0 Å². The van der Waals surface area contributed by atoms with Crippen molar-refractivity contribution in [2.24, 2.45) is 5.92 Å². The first-order chi connectivity index (χ1) is 14.0. The molecule has 2 aromatic rings. The second-order valence-corrected chi connectivity index (χ2v) is 7.01. The molecule has 2 aromatic carbocycles. The molecule has 1 saturated heterocycles. The summed E-state index contributed by atoms with van der Waals surface area (Å²) in [5.74, 6) is -0.511. The van der Waals surface area contributed by atoms with Gasteiger partial charge in [-0.05, 0) is 24.3 Å². The van der Waals surface area contributed by atoms with Gasteiger partial charge in [0.25, 0.3) is 5.91 Å². The van der Waals surface area contributed by atoms with Crippen LogP contribution >= 0.6 is 11.6 Å². The third-order valence-electron chi connectivity index (χ3n) is 4.70. The largest absolute Gasteiger partial charge is 0.495 e. The molecule has 3 amide bonds. The molecule has 0 radical (unpaired) electrons. The number of amides is 3. The molecule has 1 fully saturated rings. The summed E-state index contributed by atoms with van der Waals surface area (Å²) in [7, 11) is 1.54. The molecule has 1 aliphatic heterocycles. The summed E-state index contributed by atoms with van der Waals surface area (Å²) in [5, 5.41) is 5.85. The Morgan fingerprint density at radius 1 is 1.10 bits per heavy atom. The second-order valence-electron chi connectivity index (χ2n) is 6.60. The number of nitrogens with one attached hydrogen (secondary N) is 2. The fourth-order valence-electron chi connectivity index (χ4n) is 3.22. The number of hydrogen-bond donors (Lipinski definition) is 2. The highest BCUT2D eigenvalue weighted by molar-refractivity contribution is 6.33. The molecule has 2 N–H and O–H groups in total. The van der Waals surface area contributed by atoms with Gasteiger partial charge in [-0.1, -0.05) is 35.9 Å². The summed E-state index contributed by atoms with van der Waals surface area (Å²) in [6.07, 6.45) is 0.135. The van der Waals surface area contributed by atoms with Crippen molar-refractivity contribution in [2.75, 3.05) is 31.6 Å². The molecule has 0 spiro atoms. The quantitative estimate of drug-likeness (QED) is 0.679. The van der Waals surface area contributed by atoms with Crippen molar-refractivity contribution in [1.29, 1.82) is 0 Å². The van der Waals surface area contributed by atoms with Gasteiger partial charge in [-0.25, -0.2) is 0 Å². The summed E-state index contributed by atoms with van der Waals surface area (Å²) in [6.45, 7) is 0.804. The van der Waals surface area contributed by atoms with E-state index in [2.05, 4.69) is 10.6 Å². The van der Waals surface area contributed by atoms with Crippen LogP contribution < -0.4 is 20.3 Å². The van der Waals surface area contributed by atoms with Gasteiger partial charge in [-0.2, -0.15) is 0 Å². The van der Waals surface area contributed by atoms with Crippen molar-refractivity contribution in [3.63, 3.8) is 0 Å². The van der Waals surface area contributed by atoms with Crippen LogP contribution in [-0.2, 0) is 9.59 Å². The average Bonchev–Trinajstić information content (AvgIpc) is 3.12. The van der Waals surface area contributed by atoms with E-state index in [-0.39, 0.29) is 43.8 Å². The Balaban J connectivity index is 1.49. The van der Waals surface area contributed by atoms with Gasteiger partial charge in [-0.3, -0.25) is 14.4 Å². The average molecular weight is 416 g/mol. The topological polar surface area (TPSA) is 87.7 Å². The summed E-state index contributed by atoms with van der Waals surface area (Å²) in [6, 6.07) is 14.0. The van der Waals surface area contributed by atoms with Crippen LogP contribution in [0.1, 0.15) is 16.8 Å². The lowest BCUT2D eigenvalue weighted by molar-refractivity contribution is -0.126. The predicted octanol–water partition coefficient (Wildman–Crippen LogP) is 2.25. The van der Waals surface area contributed by atoms with Crippen molar-refractivity contribution in [3.8, 4) is 5.75 Å². The number of carbonyl (C=O) groups is 3. The number of ether oxygens (including phenoxy) is 1. The summed E-state index contributed by atoms with van der Waals surface area (Å²) in [4.78, 5) is 38.5. The van der Waals surface area contributed by atoms with E-state index >= 15 is 0 Å². The van der Waals surface area contributed by atoms with E-state index in [9.17, 15) is 14.4 Å². The molecule has 0 bridgehead atoms. The molecule has 7 nitrogen and oxygen atoms in total. The zero-order chi connectivity index (χ0) is 20.8. The van der Waals surface area contributed by atoms with Gasteiger partial charge >= 0.3 is 0 Å². The lowest BCUT2D eigenvalue weighted by Gasteiger charge is -2.19. The number of carbonyl (C=O) groups excluding carboxylic acids is 3. The summed E-state index contributed by atoms with van der Waals surface area (Å²) in [5.41, 5.74) is 1.04. The van der Waals surface area contributed by atoms with Gasteiger partial charge in [0.2, 0.25) is 11.8 Å². The minimum absolute atomic E-state index is 0.123. The third kappa shape index (κ3) is 4.86. The van der Waals surface area contributed by atoms with Crippen LogP contribution in [0.3, 0.4) is 0 Å². The molecule has 8 heteroatoms. The molecule has 152 valence electrons. The van der Waals surface area contributed by atoms with Gasteiger partial charge < -0.3 is 20.3 Å². The number of para-hydroxylation sites is 2. The van der Waals surface area contributed by atoms with Crippen LogP contribution in [0.5, 0.6) is 5.75 Å². The fraction of sp³-hybridized carbons (Fsp3) is 0.286. The number of benzene rings is 2. The van der Waals surface area contributed by atoms with E-state index in [1.165, 1.54) is 0 Å². The molecule has 29 heavy (non-hydrogen) atoms. The number of hydrogen-bond acceptors (Lipinski definition) is 4. The van der Waals surface area contributed by atoms with Crippen LogP contribution in [-0.4, -0.2) is 44.5 Å². The van der Waals surface area contributed by atoms with Crippen molar-refractivity contribution in [3.05, 3.63) is 59.1 Å². The van der Waals surface area contributed by atoms with E-state index in [0.29, 0.717) is 22.0 Å². The molecule has 3 rings (SSSR count).